The van der Waals surface area contributed by atoms with Crippen LogP contribution in [0.25, 0.3) is 0 Å². The van der Waals surface area contributed by atoms with E-state index in [-0.39, 0.29) is 5.97 Å². The average molecular weight is 257 g/mol. The van der Waals surface area contributed by atoms with Crippen LogP contribution >= 0.6 is 11.6 Å². The van der Waals surface area contributed by atoms with E-state index in [1.54, 1.807) is 33.1 Å². The van der Waals surface area contributed by atoms with Crippen LogP contribution < -0.4 is 0 Å². The Morgan fingerprint density at radius 3 is 2.47 bits per heavy atom. The van der Waals surface area contributed by atoms with Crippen LogP contribution in [0.5, 0.6) is 0 Å². The SMILES string of the molecule is COC(=O)C(C)(C)C(OC)c1cccc(Cl)c1. The minimum Gasteiger partial charge on any atom is -0.469 e. The number of rotatable bonds is 4. The van der Waals surface area contributed by atoms with E-state index in [0.29, 0.717) is 5.02 Å². The molecule has 3 nitrogen and oxygen atoms in total. The lowest BCUT2D eigenvalue weighted by Gasteiger charge is -2.30. The lowest BCUT2D eigenvalue weighted by molar-refractivity contribution is -0.159. The highest BCUT2D eigenvalue weighted by atomic mass is 35.5. The Morgan fingerprint density at radius 2 is 2.00 bits per heavy atom. The molecule has 0 fully saturated rings. The molecule has 0 aliphatic heterocycles. The molecule has 0 saturated carbocycles. The molecule has 0 aliphatic rings. The van der Waals surface area contributed by atoms with E-state index in [1.165, 1.54) is 7.11 Å². The molecule has 0 amide bonds. The third kappa shape index (κ3) is 2.99. The van der Waals surface area contributed by atoms with Crippen LogP contribution in [0, 0.1) is 5.41 Å². The first kappa shape index (κ1) is 14.0. The third-order valence-electron chi connectivity index (χ3n) is 2.75. The van der Waals surface area contributed by atoms with Crippen molar-refractivity contribution in [1.82, 2.24) is 0 Å². The molecule has 0 N–H and O–H groups in total. The second-order valence-electron chi connectivity index (χ2n) is 4.38. The second kappa shape index (κ2) is 5.52. The molecule has 1 rings (SSSR count). The Morgan fingerprint density at radius 1 is 1.35 bits per heavy atom. The Kier molecular flexibility index (Phi) is 4.54. The molecule has 94 valence electrons. The molecule has 0 radical (unpaired) electrons. The van der Waals surface area contributed by atoms with Gasteiger partial charge in [-0.25, -0.2) is 0 Å². The van der Waals surface area contributed by atoms with Gasteiger partial charge in [-0.15, -0.1) is 0 Å². The predicted octanol–water partition coefficient (Wildman–Crippen LogP) is 3.23. The van der Waals surface area contributed by atoms with Crippen molar-refractivity contribution in [3.63, 3.8) is 0 Å². The van der Waals surface area contributed by atoms with Crippen molar-refractivity contribution in [2.75, 3.05) is 14.2 Å². The van der Waals surface area contributed by atoms with Crippen LogP contribution in [0.2, 0.25) is 5.02 Å². The minimum absolute atomic E-state index is 0.315. The normalized spacial score (nSPS) is 13.2. The number of carbonyl (C=O) groups is 1. The molecule has 1 unspecified atom stereocenters. The van der Waals surface area contributed by atoms with Crippen LogP contribution in [0.1, 0.15) is 25.5 Å². The molecule has 17 heavy (non-hydrogen) atoms. The zero-order valence-electron chi connectivity index (χ0n) is 10.5. The summed E-state index contributed by atoms with van der Waals surface area (Å²) in [6, 6.07) is 7.28. The lowest BCUT2D eigenvalue weighted by atomic mass is 9.82. The van der Waals surface area contributed by atoms with Gasteiger partial charge in [0.1, 0.15) is 0 Å². The summed E-state index contributed by atoms with van der Waals surface area (Å²) in [4.78, 5) is 11.8. The van der Waals surface area contributed by atoms with E-state index < -0.39 is 11.5 Å². The highest BCUT2D eigenvalue weighted by Crippen LogP contribution is 2.37. The highest BCUT2D eigenvalue weighted by molar-refractivity contribution is 6.30. The maximum absolute atomic E-state index is 11.8. The van der Waals surface area contributed by atoms with Gasteiger partial charge >= 0.3 is 5.97 Å². The zero-order chi connectivity index (χ0) is 13.1. The topological polar surface area (TPSA) is 35.5 Å². The number of carbonyl (C=O) groups excluding carboxylic acids is 1. The molecule has 0 aliphatic carbocycles. The fourth-order valence-electron chi connectivity index (χ4n) is 1.89. The standard InChI is InChI=1S/C13H17ClO3/c1-13(2,12(15)17-4)11(16-3)9-6-5-7-10(14)8-9/h5-8,11H,1-4H3. The summed E-state index contributed by atoms with van der Waals surface area (Å²) in [7, 11) is 2.94. The fraction of sp³-hybridized carbons (Fsp3) is 0.462. The first-order valence-electron chi connectivity index (χ1n) is 5.30. The molecule has 0 bridgehead atoms. The monoisotopic (exact) mass is 256 g/mol. The number of hydrogen-bond acceptors (Lipinski definition) is 3. The zero-order valence-corrected chi connectivity index (χ0v) is 11.2. The smallest absolute Gasteiger partial charge is 0.314 e. The number of ether oxygens (including phenoxy) is 2. The Hall–Kier alpha value is -1.06. The van der Waals surface area contributed by atoms with E-state index in [2.05, 4.69) is 0 Å². The minimum atomic E-state index is -0.770. The van der Waals surface area contributed by atoms with E-state index in [9.17, 15) is 4.79 Å². The van der Waals surface area contributed by atoms with Gasteiger partial charge in [0.25, 0.3) is 0 Å². The highest BCUT2D eigenvalue weighted by Gasteiger charge is 2.39. The molecule has 0 saturated heterocycles. The van der Waals surface area contributed by atoms with Crippen LogP contribution in [-0.4, -0.2) is 20.2 Å². The largest absolute Gasteiger partial charge is 0.469 e. The van der Waals surface area contributed by atoms with Crippen molar-refractivity contribution in [1.29, 1.82) is 0 Å². The van der Waals surface area contributed by atoms with E-state index in [0.717, 1.165) is 5.56 Å². The summed E-state index contributed by atoms with van der Waals surface area (Å²) in [6.45, 7) is 3.57. The van der Waals surface area contributed by atoms with Gasteiger partial charge < -0.3 is 9.47 Å². The van der Waals surface area contributed by atoms with E-state index in [4.69, 9.17) is 21.1 Å². The van der Waals surface area contributed by atoms with Gasteiger partial charge in [-0.3, -0.25) is 4.79 Å². The van der Waals surface area contributed by atoms with Crippen LogP contribution in [0.15, 0.2) is 24.3 Å². The van der Waals surface area contributed by atoms with Gasteiger partial charge in [0.05, 0.1) is 18.6 Å². The first-order valence-corrected chi connectivity index (χ1v) is 5.68. The van der Waals surface area contributed by atoms with E-state index in [1.807, 2.05) is 12.1 Å². The van der Waals surface area contributed by atoms with Crippen LogP contribution in [0.3, 0.4) is 0 Å². The van der Waals surface area contributed by atoms with Gasteiger partial charge in [0, 0.05) is 12.1 Å². The molecular weight excluding hydrogens is 240 g/mol. The molecular formula is C13H17ClO3. The van der Waals surface area contributed by atoms with Gasteiger partial charge in [0.2, 0.25) is 0 Å². The molecule has 1 atom stereocenters. The van der Waals surface area contributed by atoms with Crippen molar-refractivity contribution in [2.45, 2.75) is 20.0 Å². The van der Waals surface area contributed by atoms with Gasteiger partial charge in [0.15, 0.2) is 0 Å². The average Bonchev–Trinajstić information content (AvgIpc) is 2.28. The Balaban J connectivity index is 3.11. The summed E-state index contributed by atoms with van der Waals surface area (Å²) in [5.74, 6) is -0.315. The summed E-state index contributed by atoms with van der Waals surface area (Å²) >= 11 is 5.94. The maximum Gasteiger partial charge on any atom is 0.314 e. The second-order valence-corrected chi connectivity index (χ2v) is 4.82. The molecule has 1 aromatic rings. The molecule has 4 heteroatoms. The third-order valence-corrected chi connectivity index (χ3v) is 2.99. The van der Waals surface area contributed by atoms with Crippen LogP contribution in [-0.2, 0) is 14.3 Å². The van der Waals surface area contributed by atoms with Crippen molar-refractivity contribution < 1.29 is 14.3 Å². The lowest BCUT2D eigenvalue weighted by Crippen LogP contribution is -2.33. The molecule has 0 aromatic heterocycles. The first-order chi connectivity index (χ1) is 7.93. The van der Waals surface area contributed by atoms with Crippen molar-refractivity contribution in [3.05, 3.63) is 34.9 Å². The van der Waals surface area contributed by atoms with Gasteiger partial charge in [-0.2, -0.15) is 0 Å². The summed E-state index contributed by atoms with van der Waals surface area (Å²) < 4.78 is 10.2. The van der Waals surface area contributed by atoms with Crippen molar-refractivity contribution in [2.24, 2.45) is 5.41 Å². The van der Waals surface area contributed by atoms with Crippen molar-refractivity contribution >= 4 is 17.6 Å². The fourth-order valence-corrected chi connectivity index (χ4v) is 2.09. The van der Waals surface area contributed by atoms with Gasteiger partial charge in [-0.1, -0.05) is 23.7 Å². The Bertz CT molecular complexity index is 401. The maximum atomic E-state index is 11.8. The summed E-state index contributed by atoms with van der Waals surface area (Å²) in [6.07, 6.45) is -0.395. The Labute approximate surface area is 107 Å². The number of halogens is 1. The number of benzene rings is 1. The number of methoxy groups -OCH3 is 2. The molecule has 0 spiro atoms. The number of hydrogen-bond donors (Lipinski definition) is 0. The van der Waals surface area contributed by atoms with Crippen molar-refractivity contribution in [3.8, 4) is 0 Å². The quantitative estimate of drug-likeness (QED) is 0.776. The molecule has 0 heterocycles. The molecule has 1 aromatic carbocycles. The summed E-state index contributed by atoms with van der Waals surface area (Å²) in [5.41, 5.74) is 0.0872. The van der Waals surface area contributed by atoms with E-state index >= 15 is 0 Å². The van der Waals surface area contributed by atoms with Gasteiger partial charge in [-0.05, 0) is 31.5 Å². The predicted molar refractivity (Wildman–Crippen MR) is 67.0 cm³/mol. The number of esters is 1. The van der Waals surface area contributed by atoms with Crippen LogP contribution in [0.4, 0.5) is 0 Å². The summed E-state index contributed by atoms with van der Waals surface area (Å²) in [5, 5.41) is 0.616.